The largest absolute Gasteiger partial charge is 0.422 e. The number of carbonyl (C=O) groups excluding carboxylic acids is 2. The molecular weight excluding hydrogens is 383 g/mol. The summed E-state index contributed by atoms with van der Waals surface area (Å²) in [4.78, 5) is 24.9. The number of alkyl halides is 3. The number of rotatable bonds is 4. The molecule has 0 radical (unpaired) electrons. The number of hydrogen-bond acceptors (Lipinski definition) is 3. The maximum absolute atomic E-state index is 12.8. The Morgan fingerprint density at radius 3 is 1.90 bits per heavy atom. The number of amides is 2. The zero-order chi connectivity index (χ0) is 21.2. The number of halogens is 3. The van der Waals surface area contributed by atoms with Crippen molar-refractivity contribution in [3.8, 4) is 0 Å². The first-order valence-corrected chi connectivity index (χ1v) is 9.19. The van der Waals surface area contributed by atoms with E-state index in [0.29, 0.717) is 0 Å². The summed E-state index contributed by atoms with van der Waals surface area (Å²) in [6.07, 6.45) is -6.77. The molecule has 1 heterocycles. The van der Waals surface area contributed by atoms with Crippen molar-refractivity contribution in [1.29, 1.82) is 0 Å². The lowest BCUT2D eigenvalue weighted by molar-refractivity contribution is -0.175. The van der Waals surface area contributed by atoms with Crippen molar-refractivity contribution in [2.24, 2.45) is 5.92 Å². The predicted octanol–water partition coefficient (Wildman–Crippen LogP) is 2.73. The van der Waals surface area contributed by atoms with Gasteiger partial charge < -0.3 is 10.6 Å². The van der Waals surface area contributed by atoms with Gasteiger partial charge in [0.1, 0.15) is 5.92 Å². The standard InChI is InChI=1S/C21H22F3N3O2/c1-12-3-7-14(8-4-12)17(15-9-5-13(2)6-10-15)26-18(28)16-11-25-20(21(22,23)24)27-19(16)29/h3-10,16-17,20,25H,11H2,1-2H3,(H,26,28)(H,27,29). The average molecular weight is 405 g/mol. The van der Waals surface area contributed by atoms with Gasteiger partial charge in [0.25, 0.3) is 0 Å². The van der Waals surface area contributed by atoms with Crippen LogP contribution < -0.4 is 16.0 Å². The summed E-state index contributed by atoms with van der Waals surface area (Å²) >= 11 is 0. The van der Waals surface area contributed by atoms with Crippen LogP contribution in [0.3, 0.4) is 0 Å². The maximum Gasteiger partial charge on any atom is 0.422 e. The zero-order valence-electron chi connectivity index (χ0n) is 16.0. The molecule has 0 bridgehead atoms. The minimum absolute atomic E-state index is 0.393. The highest BCUT2D eigenvalue weighted by Crippen LogP contribution is 2.25. The quantitative estimate of drug-likeness (QED) is 0.685. The van der Waals surface area contributed by atoms with Gasteiger partial charge in [0, 0.05) is 6.54 Å². The molecule has 29 heavy (non-hydrogen) atoms. The highest BCUT2D eigenvalue weighted by atomic mass is 19.4. The van der Waals surface area contributed by atoms with Gasteiger partial charge in [0.05, 0.1) is 6.04 Å². The fraction of sp³-hybridized carbons (Fsp3) is 0.333. The van der Waals surface area contributed by atoms with E-state index < -0.39 is 42.7 Å². The molecule has 2 unspecified atom stereocenters. The van der Waals surface area contributed by atoms with Crippen LogP contribution in [0.25, 0.3) is 0 Å². The van der Waals surface area contributed by atoms with Gasteiger partial charge in [-0.15, -0.1) is 0 Å². The maximum atomic E-state index is 12.8. The lowest BCUT2D eigenvalue weighted by Crippen LogP contribution is -2.64. The van der Waals surface area contributed by atoms with Gasteiger partial charge in [-0.05, 0) is 25.0 Å². The second kappa shape index (κ2) is 8.24. The molecule has 3 rings (SSSR count). The molecule has 1 fully saturated rings. The van der Waals surface area contributed by atoms with E-state index >= 15 is 0 Å². The van der Waals surface area contributed by atoms with E-state index in [4.69, 9.17) is 0 Å². The van der Waals surface area contributed by atoms with Crippen LogP contribution in [-0.2, 0) is 9.59 Å². The van der Waals surface area contributed by atoms with Gasteiger partial charge >= 0.3 is 6.18 Å². The Labute approximate surface area is 166 Å². The molecule has 5 nitrogen and oxygen atoms in total. The third kappa shape index (κ3) is 4.95. The predicted molar refractivity (Wildman–Crippen MR) is 102 cm³/mol. The molecule has 1 saturated heterocycles. The third-order valence-corrected chi connectivity index (χ3v) is 4.88. The number of nitrogens with one attached hydrogen (secondary N) is 3. The Morgan fingerprint density at radius 1 is 1.00 bits per heavy atom. The van der Waals surface area contributed by atoms with Crippen LogP contribution in [0.5, 0.6) is 0 Å². The molecular formula is C21H22F3N3O2. The highest BCUT2D eigenvalue weighted by Gasteiger charge is 2.46. The highest BCUT2D eigenvalue weighted by molar-refractivity contribution is 6.01. The van der Waals surface area contributed by atoms with Gasteiger partial charge in [-0.2, -0.15) is 13.2 Å². The minimum Gasteiger partial charge on any atom is -0.344 e. The molecule has 0 aromatic heterocycles. The fourth-order valence-electron chi connectivity index (χ4n) is 3.15. The summed E-state index contributed by atoms with van der Waals surface area (Å²) in [6, 6.07) is 14.6. The van der Waals surface area contributed by atoms with Gasteiger partial charge in [-0.1, -0.05) is 59.7 Å². The Balaban J connectivity index is 1.80. The van der Waals surface area contributed by atoms with E-state index in [-0.39, 0.29) is 0 Å². The van der Waals surface area contributed by atoms with Gasteiger partial charge in [0.2, 0.25) is 11.8 Å². The van der Waals surface area contributed by atoms with Crippen LogP contribution in [0.15, 0.2) is 48.5 Å². The van der Waals surface area contributed by atoms with Crippen molar-refractivity contribution in [1.82, 2.24) is 16.0 Å². The van der Waals surface area contributed by atoms with Crippen LogP contribution in [-0.4, -0.2) is 30.7 Å². The van der Waals surface area contributed by atoms with E-state index in [1.807, 2.05) is 67.7 Å². The number of hydrogen-bond donors (Lipinski definition) is 3. The third-order valence-electron chi connectivity index (χ3n) is 4.88. The van der Waals surface area contributed by atoms with Crippen molar-refractivity contribution in [3.63, 3.8) is 0 Å². The molecule has 8 heteroatoms. The summed E-state index contributed by atoms with van der Waals surface area (Å²) < 4.78 is 38.3. The number of aryl methyl sites for hydroxylation is 2. The van der Waals surface area contributed by atoms with Crippen molar-refractivity contribution in [3.05, 3.63) is 70.8 Å². The molecule has 1 aliphatic rings. The first-order valence-electron chi connectivity index (χ1n) is 9.19. The fourth-order valence-corrected chi connectivity index (χ4v) is 3.15. The van der Waals surface area contributed by atoms with E-state index in [2.05, 4.69) is 10.6 Å². The summed E-state index contributed by atoms with van der Waals surface area (Å²) in [6.45, 7) is 3.49. The number of benzene rings is 2. The van der Waals surface area contributed by atoms with Crippen LogP contribution in [0.2, 0.25) is 0 Å². The SMILES string of the molecule is Cc1ccc(C(NC(=O)C2CNC(C(F)(F)F)NC2=O)c2ccc(C)cc2)cc1. The summed E-state index contributed by atoms with van der Waals surface area (Å²) in [5, 5.41) is 6.81. The molecule has 0 saturated carbocycles. The molecule has 1 aliphatic heterocycles. The molecule has 0 spiro atoms. The lowest BCUT2D eigenvalue weighted by Gasteiger charge is -2.32. The molecule has 2 atom stereocenters. The Bertz CT molecular complexity index is 834. The number of carbonyl (C=O) groups is 2. The first kappa shape index (κ1) is 20.9. The van der Waals surface area contributed by atoms with Gasteiger partial charge in [-0.3, -0.25) is 14.9 Å². The summed E-state index contributed by atoms with van der Waals surface area (Å²) in [5.41, 5.74) is 3.73. The second-order valence-electron chi connectivity index (χ2n) is 7.21. The molecule has 2 aromatic carbocycles. The average Bonchev–Trinajstić information content (AvgIpc) is 2.67. The first-order chi connectivity index (χ1) is 13.6. The summed E-state index contributed by atoms with van der Waals surface area (Å²) in [7, 11) is 0. The Hall–Kier alpha value is -2.87. The van der Waals surface area contributed by atoms with Crippen LogP contribution >= 0.6 is 0 Å². The lowest BCUT2D eigenvalue weighted by atomic mass is 9.95. The molecule has 2 amide bonds. The Kier molecular flexibility index (Phi) is 5.93. The van der Waals surface area contributed by atoms with Crippen molar-refractivity contribution >= 4 is 11.8 Å². The molecule has 2 aromatic rings. The molecule has 0 aliphatic carbocycles. The van der Waals surface area contributed by atoms with Crippen LogP contribution in [0.1, 0.15) is 28.3 Å². The van der Waals surface area contributed by atoms with Crippen molar-refractivity contribution in [2.45, 2.75) is 32.2 Å². The topological polar surface area (TPSA) is 70.2 Å². The van der Waals surface area contributed by atoms with E-state index in [1.54, 1.807) is 0 Å². The van der Waals surface area contributed by atoms with E-state index in [0.717, 1.165) is 22.3 Å². The monoisotopic (exact) mass is 405 g/mol. The van der Waals surface area contributed by atoms with Crippen LogP contribution in [0, 0.1) is 19.8 Å². The second-order valence-corrected chi connectivity index (χ2v) is 7.21. The van der Waals surface area contributed by atoms with Gasteiger partial charge in [-0.25, -0.2) is 0 Å². The summed E-state index contributed by atoms with van der Waals surface area (Å²) in [5.74, 6) is -2.84. The van der Waals surface area contributed by atoms with E-state index in [9.17, 15) is 22.8 Å². The van der Waals surface area contributed by atoms with E-state index in [1.165, 1.54) is 0 Å². The zero-order valence-corrected chi connectivity index (χ0v) is 16.0. The molecule has 3 N–H and O–H groups in total. The minimum atomic E-state index is -4.62. The van der Waals surface area contributed by atoms with Crippen LogP contribution in [0.4, 0.5) is 13.2 Å². The Morgan fingerprint density at radius 2 is 1.48 bits per heavy atom. The van der Waals surface area contributed by atoms with Gasteiger partial charge in [0.15, 0.2) is 6.17 Å². The van der Waals surface area contributed by atoms with Crippen molar-refractivity contribution in [2.75, 3.05) is 6.54 Å². The van der Waals surface area contributed by atoms with Crippen molar-refractivity contribution < 1.29 is 22.8 Å². The normalized spacial score (nSPS) is 19.7. The smallest absolute Gasteiger partial charge is 0.344 e. The molecule has 154 valence electrons.